The van der Waals surface area contributed by atoms with Gasteiger partial charge in [-0.05, 0) is 56.9 Å². The number of pyridine rings is 1. The van der Waals surface area contributed by atoms with E-state index in [0.29, 0.717) is 30.5 Å². The van der Waals surface area contributed by atoms with Crippen LogP contribution in [0.5, 0.6) is 0 Å². The molecular formula is C27H29N9. The van der Waals surface area contributed by atoms with E-state index < -0.39 is 0 Å². The van der Waals surface area contributed by atoms with E-state index in [1.54, 1.807) is 6.20 Å². The van der Waals surface area contributed by atoms with Gasteiger partial charge in [-0.15, -0.1) is 0 Å². The number of rotatable bonds is 7. The third-order valence-corrected chi connectivity index (χ3v) is 7.31. The van der Waals surface area contributed by atoms with Crippen LogP contribution in [-0.4, -0.2) is 54.7 Å². The molecule has 6 rings (SSSR count). The normalized spacial score (nSPS) is 21.4. The number of nitriles is 1. The van der Waals surface area contributed by atoms with Crippen molar-refractivity contribution in [1.29, 1.82) is 5.26 Å². The zero-order valence-electron chi connectivity index (χ0n) is 20.3. The van der Waals surface area contributed by atoms with Gasteiger partial charge in [-0.2, -0.15) is 15.3 Å². The fourth-order valence-corrected chi connectivity index (χ4v) is 5.70. The Morgan fingerprint density at radius 2 is 1.97 bits per heavy atom. The molecule has 0 aliphatic carbocycles. The Labute approximate surface area is 210 Å². The summed E-state index contributed by atoms with van der Waals surface area (Å²) in [7, 11) is 0. The van der Waals surface area contributed by atoms with Crippen LogP contribution in [0.25, 0.3) is 22.2 Å². The molecule has 2 saturated heterocycles. The Morgan fingerprint density at radius 1 is 1.11 bits per heavy atom. The van der Waals surface area contributed by atoms with Gasteiger partial charge >= 0.3 is 0 Å². The number of anilines is 3. The summed E-state index contributed by atoms with van der Waals surface area (Å²) < 4.78 is 0. The van der Waals surface area contributed by atoms with Crippen molar-refractivity contribution in [1.82, 2.24) is 30.0 Å². The molecule has 36 heavy (non-hydrogen) atoms. The summed E-state index contributed by atoms with van der Waals surface area (Å²) in [4.78, 5) is 16.8. The highest BCUT2D eigenvalue weighted by atomic mass is 15.3. The highest BCUT2D eigenvalue weighted by Crippen LogP contribution is 2.37. The van der Waals surface area contributed by atoms with Gasteiger partial charge in [0.2, 0.25) is 5.95 Å². The second-order valence-electron chi connectivity index (χ2n) is 9.75. The van der Waals surface area contributed by atoms with Crippen LogP contribution in [0.2, 0.25) is 0 Å². The third-order valence-electron chi connectivity index (χ3n) is 7.31. The minimum Gasteiger partial charge on any atom is -0.351 e. The van der Waals surface area contributed by atoms with Crippen LogP contribution < -0.4 is 10.6 Å². The molecule has 2 fully saturated rings. The molecule has 3 N–H and O–H groups in total. The number of piperidine rings is 1. The van der Waals surface area contributed by atoms with Crippen molar-refractivity contribution in [2.24, 2.45) is 0 Å². The predicted octanol–water partition coefficient (Wildman–Crippen LogP) is 4.79. The van der Waals surface area contributed by atoms with Crippen LogP contribution in [0.3, 0.4) is 0 Å². The lowest BCUT2D eigenvalue weighted by Gasteiger charge is -2.38. The molecule has 0 saturated carbocycles. The molecule has 2 aliphatic heterocycles. The van der Waals surface area contributed by atoms with Crippen molar-refractivity contribution in [3.05, 3.63) is 54.4 Å². The second kappa shape index (κ2) is 9.55. The molecule has 1 unspecified atom stereocenters. The number of nitrogens with one attached hydrogen (secondary N) is 3. The van der Waals surface area contributed by atoms with E-state index in [1.807, 2.05) is 37.3 Å². The van der Waals surface area contributed by atoms with Gasteiger partial charge in [-0.3, -0.25) is 15.0 Å². The van der Waals surface area contributed by atoms with Gasteiger partial charge in [0, 0.05) is 60.0 Å². The maximum absolute atomic E-state index is 9.03. The highest BCUT2D eigenvalue weighted by Gasteiger charge is 2.40. The largest absolute Gasteiger partial charge is 0.351 e. The molecular weight excluding hydrogens is 450 g/mol. The quantitative estimate of drug-likeness (QED) is 0.346. The topological polar surface area (TPSA) is 118 Å². The average molecular weight is 480 g/mol. The summed E-state index contributed by atoms with van der Waals surface area (Å²) in [5.74, 6) is 2.05. The van der Waals surface area contributed by atoms with Crippen LogP contribution in [0, 0.1) is 18.3 Å². The van der Waals surface area contributed by atoms with Crippen LogP contribution in [-0.2, 0) is 0 Å². The van der Waals surface area contributed by atoms with Gasteiger partial charge in [0.1, 0.15) is 5.82 Å². The Kier molecular flexibility index (Phi) is 5.95. The predicted molar refractivity (Wildman–Crippen MR) is 140 cm³/mol. The summed E-state index contributed by atoms with van der Waals surface area (Å²) in [5.41, 5.74) is 3.74. The first-order valence-corrected chi connectivity index (χ1v) is 12.6. The molecule has 2 bridgehead atoms. The Bertz CT molecular complexity index is 1390. The van der Waals surface area contributed by atoms with Gasteiger partial charge in [0.25, 0.3) is 0 Å². The van der Waals surface area contributed by atoms with Crippen molar-refractivity contribution in [2.45, 2.75) is 57.2 Å². The lowest BCUT2D eigenvalue weighted by atomic mass is 9.97. The lowest BCUT2D eigenvalue weighted by molar-refractivity contribution is 0.135. The number of benzene rings is 1. The molecule has 0 spiro atoms. The zero-order valence-corrected chi connectivity index (χ0v) is 20.3. The van der Waals surface area contributed by atoms with Crippen molar-refractivity contribution in [3.8, 4) is 17.3 Å². The third kappa shape index (κ3) is 4.48. The van der Waals surface area contributed by atoms with Crippen LogP contribution in [0.1, 0.15) is 37.8 Å². The number of fused-ring (bicyclic) bond motifs is 3. The smallest absolute Gasteiger partial charge is 0.225 e. The van der Waals surface area contributed by atoms with Crippen molar-refractivity contribution < 1.29 is 0 Å². The molecule has 0 amide bonds. The minimum atomic E-state index is 0.303. The number of aryl methyl sites for hydroxylation is 1. The molecule has 0 radical (unpaired) electrons. The number of H-pyrrole nitrogens is 1. The van der Waals surface area contributed by atoms with Gasteiger partial charge < -0.3 is 10.6 Å². The van der Waals surface area contributed by atoms with Gasteiger partial charge in [-0.25, -0.2) is 4.98 Å². The minimum absolute atomic E-state index is 0.303. The van der Waals surface area contributed by atoms with E-state index in [1.165, 1.54) is 12.8 Å². The summed E-state index contributed by atoms with van der Waals surface area (Å²) in [5, 5.41) is 24.3. The van der Waals surface area contributed by atoms with E-state index in [9.17, 15) is 0 Å². The van der Waals surface area contributed by atoms with E-state index in [4.69, 9.17) is 15.2 Å². The molecule has 2 aliphatic rings. The van der Waals surface area contributed by atoms with Crippen molar-refractivity contribution in [3.63, 3.8) is 0 Å². The molecule has 3 atom stereocenters. The summed E-state index contributed by atoms with van der Waals surface area (Å²) >= 11 is 0. The number of hydrogen-bond donors (Lipinski definition) is 3. The van der Waals surface area contributed by atoms with Crippen LogP contribution in [0.15, 0.2) is 48.7 Å². The maximum atomic E-state index is 9.03. The Hall–Kier alpha value is -4.03. The maximum Gasteiger partial charge on any atom is 0.225 e. The van der Waals surface area contributed by atoms with Gasteiger partial charge in [0.15, 0.2) is 5.82 Å². The molecule has 3 aromatic heterocycles. The van der Waals surface area contributed by atoms with Crippen LogP contribution >= 0.6 is 0 Å². The van der Waals surface area contributed by atoms with Crippen molar-refractivity contribution >= 4 is 28.5 Å². The summed E-state index contributed by atoms with van der Waals surface area (Å²) in [6.07, 6.45) is 6.88. The number of hydrogen-bond acceptors (Lipinski definition) is 8. The fourth-order valence-electron chi connectivity index (χ4n) is 5.70. The summed E-state index contributed by atoms with van der Waals surface area (Å²) in [6.45, 7) is 2.85. The second-order valence-corrected chi connectivity index (χ2v) is 9.75. The average Bonchev–Trinajstić information content (AvgIpc) is 3.41. The first-order valence-electron chi connectivity index (χ1n) is 12.6. The molecule has 5 heterocycles. The van der Waals surface area contributed by atoms with E-state index in [0.717, 1.165) is 58.9 Å². The number of nitrogens with zero attached hydrogens (tertiary/aromatic N) is 6. The molecule has 1 aromatic carbocycles. The summed E-state index contributed by atoms with van der Waals surface area (Å²) in [6, 6.07) is 17.7. The van der Waals surface area contributed by atoms with Crippen molar-refractivity contribution in [2.75, 3.05) is 17.2 Å². The van der Waals surface area contributed by atoms with E-state index in [2.05, 4.69) is 48.9 Å². The Balaban J connectivity index is 1.31. The monoisotopic (exact) mass is 479 g/mol. The van der Waals surface area contributed by atoms with Gasteiger partial charge in [-0.1, -0.05) is 12.1 Å². The standard InChI is InChI=1S/C27H29N9/c1-17-13-25(35-34-17)32-26-22-9-6-18(23-5-2-3-11-29-23)14-24(22)31-27(33-26)30-19-15-20-7-8-21(16-19)36(20)12-4-10-28/h2-3,5-6,9,11,13-14,19-21H,4,7-8,12,15-16H2,1H3,(H3,30,31,32,33,34,35)/t19?,20-,21+. The SMILES string of the molecule is Cc1cc(Nc2nc(NC3C[C@H]4CC[C@@H](C3)N4CCC#N)nc3cc(-c4ccccn4)ccc23)n[nH]1. The number of aromatic amines is 1. The first-order chi connectivity index (χ1) is 17.7. The van der Waals surface area contributed by atoms with Crippen LogP contribution in [0.4, 0.5) is 17.6 Å². The molecule has 182 valence electrons. The highest BCUT2D eigenvalue weighted by molar-refractivity contribution is 5.94. The zero-order chi connectivity index (χ0) is 24.5. The molecule has 9 heteroatoms. The molecule has 4 aromatic rings. The van der Waals surface area contributed by atoms with E-state index >= 15 is 0 Å². The Morgan fingerprint density at radius 3 is 2.69 bits per heavy atom. The fraction of sp³-hybridized carbons (Fsp3) is 0.370. The number of aromatic nitrogens is 5. The van der Waals surface area contributed by atoms with Gasteiger partial charge in [0.05, 0.1) is 17.3 Å². The lowest BCUT2D eigenvalue weighted by Crippen LogP contribution is -2.47. The van der Waals surface area contributed by atoms with E-state index in [-0.39, 0.29) is 0 Å². The first kappa shape index (κ1) is 22.4. The molecule has 9 nitrogen and oxygen atoms in total.